The fourth-order valence-electron chi connectivity index (χ4n) is 4.51. The molecule has 2 aromatic carbocycles. The number of rotatable bonds is 4. The van der Waals surface area contributed by atoms with Crippen LogP contribution in [0.5, 0.6) is 0 Å². The molecule has 156 valence electrons. The largest absolute Gasteiger partial charge is 0.352 e. The molecular weight excluding hydrogens is 377 g/mol. The summed E-state index contributed by atoms with van der Waals surface area (Å²) in [4.78, 5) is 0. The van der Waals surface area contributed by atoms with Crippen molar-refractivity contribution < 1.29 is 22.6 Å². The van der Waals surface area contributed by atoms with Crippen molar-refractivity contribution >= 4 is 0 Å². The van der Waals surface area contributed by atoms with E-state index in [1.54, 1.807) is 0 Å². The molecule has 2 aliphatic rings. The Kier molecular flexibility index (Phi) is 6.26. The molecule has 0 atom stereocenters. The lowest BCUT2D eigenvalue weighted by atomic mass is 9.78. The van der Waals surface area contributed by atoms with Gasteiger partial charge in [0.25, 0.3) is 0 Å². The van der Waals surface area contributed by atoms with Crippen LogP contribution in [-0.4, -0.2) is 19.5 Å². The van der Waals surface area contributed by atoms with E-state index in [4.69, 9.17) is 9.47 Å². The molecule has 5 heteroatoms. The van der Waals surface area contributed by atoms with E-state index in [0.29, 0.717) is 23.0 Å². The molecule has 2 fully saturated rings. The van der Waals surface area contributed by atoms with Gasteiger partial charge in [-0.2, -0.15) is 0 Å². The molecule has 1 aliphatic heterocycles. The fourth-order valence-corrected chi connectivity index (χ4v) is 4.51. The summed E-state index contributed by atoms with van der Waals surface area (Å²) in [6.07, 6.45) is 4.49. The second kappa shape index (κ2) is 8.88. The van der Waals surface area contributed by atoms with Crippen molar-refractivity contribution in [1.82, 2.24) is 0 Å². The van der Waals surface area contributed by atoms with Crippen LogP contribution in [0.4, 0.5) is 13.2 Å². The molecule has 1 heterocycles. The van der Waals surface area contributed by atoms with Crippen LogP contribution in [0.1, 0.15) is 50.5 Å². The first-order valence-corrected chi connectivity index (χ1v) is 10.5. The van der Waals surface area contributed by atoms with Gasteiger partial charge in [0, 0.05) is 11.8 Å². The maximum absolute atomic E-state index is 14.7. The van der Waals surface area contributed by atoms with Crippen LogP contribution in [0.2, 0.25) is 0 Å². The number of halogens is 3. The van der Waals surface area contributed by atoms with Crippen LogP contribution in [-0.2, 0) is 9.47 Å². The monoisotopic (exact) mass is 404 g/mol. The predicted octanol–water partition coefficient (Wildman–Crippen LogP) is 6.44. The van der Waals surface area contributed by atoms with Gasteiger partial charge in [-0.25, -0.2) is 13.2 Å². The highest BCUT2D eigenvalue weighted by molar-refractivity contribution is 5.65. The van der Waals surface area contributed by atoms with E-state index in [0.717, 1.165) is 45.3 Å². The molecular formula is C24H27F3O2. The standard InChI is InChI=1S/C24H27F3O2/c1-2-15-13-28-24(29-14-15)18-5-3-16(4-6-18)19-11-21(26)23(22(27)12-19)17-7-9-20(25)10-8-17/h7-12,15-16,18,24H,2-6,13-14H2,1H3. The van der Waals surface area contributed by atoms with E-state index in [1.165, 1.54) is 36.4 Å². The van der Waals surface area contributed by atoms with Crippen LogP contribution in [0.15, 0.2) is 36.4 Å². The molecule has 0 amide bonds. The smallest absolute Gasteiger partial charge is 0.160 e. The summed E-state index contributed by atoms with van der Waals surface area (Å²) >= 11 is 0. The highest BCUT2D eigenvalue weighted by Crippen LogP contribution is 2.40. The number of ether oxygens (including phenoxy) is 2. The van der Waals surface area contributed by atoms with Gasteiger partial charge >= 0.3 is 0 Å². The highest BCUT2D eigenvalue weighted by Gasteiger charge is 2.33. The molecule has 4 rings (SSSR count). The van der Waals surface area contributed by atoms with E-state index in [9.17, 15) is 13.2 Å². The Labute approximate surface area is 170 Å². The molecule has 0 unspecified atom stereocenters. The van der Waals surface area contributed by atoms with Crippen molar-refractivity contribution in [1.29, 1.82) is 0 Å². The molecule has 0 spiro atoms. The Morgan fingerprint density at radius 3 is 2.00 bits per heavy atom. The molecule has 29 heavy (non-hydrogen) atoms. The van der Waals surface area contributed by atoms with E-state index < -0.39 is 17.5 Å². The Bertz CT molecular complexity index is 798. The van der Waals surface area contributed by atoms with Crippen LogP contribution >= 0.6 is 0 Å². The SMILES string of the molecule is CCC1COC(C2CCC(c3cc(F)c(-c4ccc(F)cc4)c(F)c3)CC2)OC1. The van der Waals surface area contributed by atoms with E-state index >= 15 is 0 Å². The maximum atomic E-state index is 14.7. The summed E-state index contributed by atoms with van der Waals surface area (Å²) in [7, 11) is 0. The van der Waals surface area contributed by atoms with Crippen LogP contribution in [0.3, 0.4) is 0 Å². The Hall–Kier alpha value is -1.85. The highest BCUT2D eigenvalue weighted by atomic mass is 19.1. The minimum absolute atomic E-state index is 0.100. The molecule has 0 N–H and O–H groups in total. The van der Waals surface area contributed by atoms with Crippen LogP contribution in [0.25, 0.3) is 11.1 Å². The second-order valence-corrected chi connectivity index (χ2v) is 8.29. The van der Waals surface area contributed by atoms with Crippen molar-refractivity contribution in [3.05, 3.63) is 59.4 Å². The average molecular weight is 404 g/mol. The van der Waals surface area contributed by atoms with Crippen molar-refractivity contribution in [3.8, 4) is 11.1 Å². The zero-order chi connectivity index (χ0) is 20.4. The lowest BCUT2D eigenvalue weighted by molar-refractivity contribution is -0.228. The van der Waals surface area contributed by atoms with E-state index in [1.807, 2.05) is 0 Å². The first-order chi connectivity index (χ1) is 14.0. The zero-order valence-electron chi connectivity index (χ0n) is 16.7. The third-order valence-corrected chi connectivity index (χ3v) is 6.40. The normalized spacial score (nSPS) is 27.7. The van der Waals surface area contributed by atoms with Crippen LogP contribution < -0.4 is 0 Å². The van der Waals surface area contributed by atoms with Crippen molar-refractivity contribution in [3.63, 3.8) is 0 Å². The summed E-state index contributed by atoms with van der Waals surface area (Å²) in [6, 6.07) is 8.09. The second-order valence-electron chi connectivity index (χ2n) is 8.29. The first-order valence-electron chi connectivity index (χ1n) is 10.5. The van der Waals surface area contributed by atoms with Gasteiger partial charge in [0.2, 0.25) is 0 Å². The van der Waals surface area contributed by atoms with Crippen molar-refractivity contribution in [2.45, 2.75) is 51.2 Å². The number of benzene rings is 2. The summed E-state index contributed by atoms with van der Waals surface area (Å²) in [5, 5.41) is 0. The minimum Gasteiger partial charge on any atom is -0.352 e. The maximum Gasteiger partial charge on any atom is 0.160 e. The number of hydrogen-bond donors (Lipinski definition) is 0. The molecule has 1 aliphatic carbocycles. The summed E-state index contributed by atoms with van der Waals surface area (Å²) in [5.74, 6) is -0.675. The van der Waals surface area contributed by atoms with Crippen molar-refractivity contribution in [2.24, 2.45) is 11.8 Å². The molecule has 1 saturated heterocycles. The Balaban J connectivity index is 1.42. The minimum atomic E-state index is -0.599. The molecule has 1 saturated carbocycles. The summed E-state index contributed by atoms with van der Waals surface area (Å²) in [5.41, 5.74) is 0.936. The van der Waals surface area contributed by atoms with Gasteiger partial charge in [-0.3, -0.25) is 0 Å². The van der Waals surface area contributed by atoms with Gasteiger partial charge < -0.3 is 9.47 Å². The number of hydrogen-bond acceptors (Lipinski definition) is 2. The van der Waals surface area contributed by atoms with E-state index in [-0.39, 0.29) is 17.8 Å². The molecule has 0 radical (unpaired) electrons. The van der Waals surface area contributed by atoms with Gasteiger partial charge in [0.05, 0.1) is 18.8 Å². The molecule has 2 nitrogen and oxygen atoms in total. The molecule has 2 aromatic rings. The lowest BCUT2D eigenvalue weighted by Crippen LogP contribution is -2.38. The van der Waals surface area contributed by atoms with Gasteiger partial charge in [-0.05, 0) is 73.4 Å². The van der Waals surface area contributed by atoms with Gasteiger partial charge in [-0.15, -0.1) is 0 Å². The first kappa shape index (κ1) is 20.4. The Morgan fingerprint density at radius 1 is 0.862 bits per heavy atom. The van der Waals surface area contributed by atoms with Gasteiger partial charge in [0.1, 0.15) is 17.5 Å². The average Bonchev–Trinajstić information content (AvgIpc) is 2.75. The zero-order valence-corrected chi connectivity index (χ0v) is 16.7. The quantitative estimate of drug-likeness (QED) is 0.583. The Morgan fingerprint density at radius 2 is 1.45 bits per heavy atom. The predicted molar refractivity (Wildman–Crippen MR) is 106 cm³/mol. The summed E-state index contributed by atoms with van der Waals surface area (Å²) < 4.78 is 54.3. The van der Waals surface area contributed by atoms with E-state index in [2.05, 4.69) is 6.92 Å². The van der Waals surface area contributed by atoms with Gasteiger partial charge in [0.15, 0.2) is 6.29 Å². The summed E-state index contributed by atoms with van der Waals surface area (Å²) in [6.45, 7) is 3.65. The molecule has 0 aromatic heterocycles. The third-order valence-electron chi connectivity index (χ3n) is 6.40. The lowest BCUT2D eigenvalue weighted by Gasteiger charge is -2.37. The van der Waals surface area contributed by atoms with Crippen LogP contribution in [0, 0.1) is 29.3 Å². The third kappa shape index (κ3) is 4.51. The van der Waals surface area contributed by atoms with Crippen molar-refractivity contribution in [2.75, 3.05) is 13.2 Å². The fraction of sp³-hybridized carbons (Fsp3) is 0.500. The topological polar surface area (TPSA) is 18.5 Å². The van der Waals surface area contributed by atoms with Gasteiger partial charge in [-0.1, -0.05) is 19.1 Å². The molecule has 0 bridgehead atoms.